The predicted molar refractivity (Wildman–Crippen MR) is 110 cm³/mol. The summed E-state index contributed by atoms with van der Waals surface area (Å²) < 4.78 is 0. The number of carbonyl (C=O) groups excluding carboxylic acids is 1. The van der Waals surface area contributed by atoms with Gasteiger partial charge in [0, 0.05) is 44.7 Å². The summed E-state index contributed by atoms with van der Waals surface area (Å²) >= 11 is 1.80. The SMILES string of the molecule is CN=C(NCc1ccc(C(=O)N(C)C)cc1)NCC(C)Cc1cccs1. The van der Waals surface area contributed by atoms with Crippen molar-refractivity contribution >= 4 is 23.2 Å². The number of guanidine groups is 1. The number of benzene rings is 1. The zero-order valence-electron chi connectivity index (χ0n) is 16.0. The minimum atomic E-state index is 0.0155. The van der Waals surface area contributed by atoms with Crippen LogP contribution >= 0.6 is 11.3 Å². The molecule has 0 aliphatic heterocycles. The van der Waals surface area contributed by atoms with Crippen LogP contribution in [0.3, 0.4) is 0 Å². The molecule has 0 fully saturated rings. The predicted octanol–water partition coefficient (Wildman–Crippen LogP) is 2.99. The molecule has 0 radical (unpaired) electrons. The smallest absolute Gasteiger partial charge is 0.253 e. The Balaban J connectivity index is 1.78. The lowest BCUT2D eigenvalue weighted by atomic mass is 10.1. The lowest BCUT2D eigenvalue weighted by Gasteiger charge is -2.16. The van der Waals surface area contributed by atoms with Crippen LogP contribution in [-0.4, -0.2) is 44.5 Å². The maximum Gasteiger partial charge on any atom is 0.253 e. The van der Waals surface area contributed by atoms with Crippen molar-refractivity contribution in [1.82, 2.24) is 15.5 Å². The van der Waals surface area contributed by atoms with E-state index in [0.29, 0.717) is 18.0 Å². The monoisotopic (exact) mass is 372 g/mol. The number of nitrogens with one attached hydrogen (secondary N) is 2. The van der Waals surface area contributed by atoms with Gasteiger partial charge in [-0.15, -0.1) is 11.3 Å². The van der Waals surface area contributed by atoms with Gasteiger partial charge in [0.05, 0.1) is 0 Å². The number of hydrogen-bond acceptors (Lipinski definition) is 3. The van der Waals surface area contributed by atoms with E-state index < -0.39 is 0 Å². The summed E-state index contributed by atoms with van der Waals surface area (Å²) in [5.74, 6) is 1.33. The fourth-order valence-corrected chi connectivity index (χ4v) is 3.41. The Kier molecular flexibility index (Phi) is 7.66. The zero-order valence-corrected chi connectivity index (χ0v) is 16.8. The number of amides is 1. The van der Waals surface area contributed by atoms with Gasteiger partial charge in [0.25, 0.3) is 5.91 Å². The van der Waals surface area contributed by atoms with Crippen molar-refractivity contribution in [3.63, 3.8) is 0 Å². The molecule has 0 spiro atoms. The van der Waals surface area contributed by atoms with Crippen molar-refractivity contribution in [3.05, 3.63) is 57.8 Å². The lowest BCUT2D eigenvalue weighted by molar-refractivity contribution is 0.0827. The number of thiophene rings is 1. The van der Waals surface area contributed by atoms with Crippen LogP contribution in [0.25, 0.3) is 0 Å². The molecular weight excluding hydrogens is 344 g/mol. The first kappa shape index (κ1) is 20.0. The molecule has 0 aliphatic rings. The molecule has 1 unspecified atom stereocenters. The highest BCUT2D eigenvalue weighted by Crippen LogP contribution is 2.13. The number of aliphatic imine (C=N–C) groups is 1. The minimum absolute atomic E-state index is 0.0155. The molecule has 6 heteroatoms. The average molecular weight is 373 g/mol. The second-order valence-corrected chi connectivity index (χ2v) is 7.62. The van der Waals surface area contributed by atoms with Crippen molar-refractivity contribution in [2.75, 3.05) is 27.7 Å². The third kappa shape index (κ3) is 6.19. The van der Waals surface area contributed by atoms with Crippen LogP contribution in [-0.2, 0) is 13.0 Å². The molecule has 2 aromatic rings. The van der Waals surface area contributed by atoms with Crippen molar-refractivity contribution in [2.24, 2.45) is 10.9 Å². The van der Waals surface area contributed by atoms with E-state index >= 15 is 0 Å². The van der Waals surface area contributed by atoms with Crippen LogP contribution in [0.5, 0.6) is 0 Å². The molecule has 2 rings (SSSR count). The molecular formula is C20H28N4OS. The molecule has 1 atom stereocenters. The number of nitrogens with zero attached hydrogens (tertiary/aromatic N) is 2. The van der Waals surface area contributed by atoms with Gasteiger partial charge in [0.15, 0.2) is 5.96 Å². The Bertz CT molecular complexity index is 708. The van der Waals surface area contributed by atoms with Gasteiger partial charge in [-0.2, -0.15) is 0 Å². The van der Waals surface area contributed by atoms with Crippen LogP contribution in [0.2, 0.25) is 0 Å². The van der Waals surface area contributed by atoms with Gasteiger partial charge in [-0.1, -0.05) is 25.1 Å². The Morgan fingerprint density at radius 3 is 2.50 bits per heavy atom. The molecule has 2 N–H and O–H groups in total. The molecule has 0 saturated carbocycles. The Labute approximate surface area is 160 Å². The van der Waals surface area contributed by atoms with Crippen molar-refractivity contribution in [2.45, 2.75) is 19.9 Å². The molecule has 0 aliphatic carbocycles. The lowest BCUT2D eigenvalue weighted by Crippen LogP contribution is -2.39. The van der Waals surface area contributed by atoms with E-state index in [2.05, 4.69) is 40.1 Å². The fourth-order valence-electron chi connectivity index (χ4n) is 2.55. The second kappa shape index (κ2) is 9.97. The first-order chi connectivity index (χ1) is 12.5. The Morgan fingerprint density at radius 1 is 1.19 bits per heavy atom. The third-order valence-corrected chi connectivity index (χ3v) is 4.94. The fraction of sp³-hybridized carbons (Fsp3) is 0.400. The standard InChI is InChI=1S/C20H28N4OS/c1-15(12-18-6-5-11-26-18)13-22-20(21-2)23-14-16-7-9-17(10-8-16)19(25)24(3)4/h5-11,15H,12-14H2,1-4H3,(H2,21,22,23). The topological polar surface area (TPSA) is 56.7 Å². The van der Waals surface area contributed by atoms with Crippen LogP contribution in [0.15, 0.2) is 46.8 Å². The molecule has 26 heavy (non-hydrogen) atoms. The summed E-state index contributed by atoms with van der Waals surface area (Å²) in [6.45, 7) is 3.77. The summed E-state index contributed by atoms with van der Waals surface area (Å²) in [5, 5.41) is 8.82. The van der Waals surface area contributed by atoms with Crippen LogP contribution in [0, 0.1) is 5.92 Å². The summed E-state index contributed by atoms with van der Waals surface area (Å²) in [6, 6.07) is 11.9. The van der Waals surface area contributed by atoms with E-state index in [1.807, 2.05) is 24.3 Å². The summed E-state index contributed by atoms with van der Waals surface area (Å²) in [6.07, 6.45) is 1.07. The van der Waals surface area contributed by atoms with E-state index in [4.69, 9.17) is 0 Å². The second-order valence-electron chi connectivity index (χ2n) is 6.59. The maximum atomic E-state index is 11.9. The van der Waals surface area contributed by atoms with Crippen LogP contribution < -0.4 is 10.6 Å². The number of rotatable bonds is 7. The summed E-state index contributed by atoms with van der Waals surface area (Å²) in [5.41, 5.74) is 1.80. The highest BCUT2D eigenvalue weighted by atomic mass is 32.1. The largest absolute Gasteiger partial charge is 0.356 e. The zero-order chi connectivity index (χ0) is 18.9. The van der Waals surface area contributed by atoms with E-state index in [1.54, 1.807) is 37.4 Å². The van der Waals surface area contributed by atoms with Crippen molar-refractivity contribution < 1.29 is 4.79 Å². The van der Waals surface area contributed by atoms with E-state index in [1.165, 1.54) is 4.88 Å². The first-order valence-corrected chi connectivity index (χ1v) is 9.65. The highest BCUT2D eigenvalue weighted by Gasteiger charge is 2.08. The summed E-state index contributed by atoms with van der Waals surface area (Å²) in [4.78, 5) is 19.2. The van der Waals surface area contributed by atoms with Gasteiger partial charge in [0.1, 0.15) is 0 Å². The summed E-state index contributed by atoms with van der Waals surface area (Å²) in [7, 11) is 5.29. The van der Waals surface area contributed by atoms with E-state index in [-0.39, 0.29) is 5.91 Å². The first-order valence-electron chi connectivity index (χ1n) is 8.77. The molecule has 0 bridgehead atoms. The van der Waals surface area contributed by atoms with Gasteiger partial charge in [-0.25, -0.2) is 0 Å². The van der Waals surface area contributed by atoms with E-state index in [9.17, 15) is 4.79 Å². The molecule has 0 saturated heterocycles. The van der Waals surface area contributed by atoms with Crippen LogP contribution in [0.1, 0.15) is 27.7 Å². The quantitative estimate of drug-likeness (QED) is 0.580. The van der Waals surface area contributed by atoms with Gasteiger partial charge in [0.2, 0.25) is 0 Å². The van der Waals surface area contributed by atoms with Gasteiger partial charge in [-0.3, -0.25) is 9.79 Å². The normalized spacial score (nSPS) is 12.5. The van der Waals surface area contributed by atoms with Gasteiger partial charge >= 0.3 is 0 Å². The highest BCUT2D eigenvalue weighted by molar-refractivity contribution is 7.09. The molecule has 1 heterocycles. The third-order valence-electron chi connectivity index (χ3n) is 4.04. The van der Waals surface area contributed by atoms with Crippen molar-refractivity contribution in [1.29, 1.82) is 0 Å². The average Bonchev–Trinajstić information content (AvgIpc) is 3.14. The van der Waals surface area contributed by atoms with E-state index in [0.717, 1.165) is 24.5 Å². The van der Waals surface area contributed by atoms with Gasteiger partial charge < -0.3 is 15.5 Å². The Morgan fingerprint density at radius 2 is 1.92 bits per heavy atom. The van der Waals surface area contributed by atoms with Gasteiger partial charge in [-0.05, 0) is 41.5 Å². The number of hydrogen-bond donors (Lipinski definition) is 2. The van der Waals surface area contributed by atoms with Crippen LogP contribution in [0.4, 0.5) is 0 Å². The molecule has 1 aromatic carbocycles. The molecule has 5 nitrogen and oxygen atoms in total. The molecule has 1 aromatic heterocycles. The minimum Gasteiger partial charge on any atom is -0.356 e. The molecule has 1 amide bonds. The molecule has 140 valence electrons. The number of carbonyl (C=O) groups is 1. The Hall–Kier alpha value is -2.34. The van der Waals surface area contributed by atoms with Crippen molar-refractivity contribution in [3.8, 4) is 0 Å². The maximum absolute atomic E-state index is 11.9.